The van der Waals surface area contributed by atoms with Crippen molar-refractivity contribution < 1.29 is 23.8 Å². The minimum absolute atomic E-state index is 0.243. The predicted molar refractivity (Wildman–Crippen MR) is 119 cm³/mol. The van der Waals surface area contributed by atoms with Crippen molar-refractivity contribution in [1.82, 2.24) is 15.1 Å². The van der Waals surface area contributed by atoms with Crippen molar-refractivity contribution in [1.29, 1.82) is 0 Å². The van der Waals surface area contributed by atoms with Crippen LogP contribution in [0.4, 0.5) is 0 Å². The molecule has 0 saturated carbocycles. The quantitative estimate of drug-likeness (QED) is 0.493. The first-order valence-corrected chi connectivity index (χ1v) is 10.2. The maximum absolute atomic E-state index is 12.3. The molecule has 1 heterocycles. The standard InChI is InChI=1S/C23H24ClN3O5/c1-15(19-10-18(30-2)8-9-21(19)31-3)26-22(28)14-32-23(29)17-11-25-27(13-17)12-16-6-4-5-7-20(16)24/h4-11,13,15H,12,14H2,1-3H3,(H,26,28). The minimum atomic E-state index is -0.642. The van der Waals surface area contributed by atoms with E-state index in [-0.39, 0.29) is 11.6 Å². The Labute approximate surface area is 191 Å². The summed E-state index contributed by atoms with van der Waals surface area (Å²) in [6.45, 7) is 1.79. The van der Waals surface area contributed by atoms with Crippen molar-refractivity contribution in [2.24, 2.45) is 0 Å². The van der Waals surface area contributed by atoms with Gasteiger partial charge in [0.25, 0.3) is 5.91 Å². The second-order valence-electron chi connectivity index (χ2n) is 6.99. The normalized spacial score (nSPS) is 11.5. The number of benzene rings is 2. The van der Waals surface area contributed by atoms with Gasteiger partial charge in [0, 0.05) is 16.8 Å². The Morgan fingerprint density at radius 2 is 1.94 bits per heavy atom. The molecule has 0 aliphatic rings. The first kappa shape index (κ1) is 23.1. The molecule has 0 aliphatic carbocycles. The molecule has 32 heavy (non-hydrogen) atoms. The summed E-state index contributed by atoms with van der Waals surface area (Å²) in [5, 5.41) is 7.56. The molecule has 2 aromatic carbocycles. The number of nitrogens with zero attached hydrogens (tertiary/aromatic N) is 2. The number of halogens is 1. The molecule has 3 aromatic rings. The molecule has 3 rings (SSSR count). The van der Waals surface area contributed by atoms with Crippen LogP contribution in [0.3, 0.4) is 0 Å². The van der Waals surface area contributed by atoms with Gasteiger partial charge in [0.15, 0.2) is 6.61 Å². The zero-order chi connectivity index (χ0) is 23.1. The molecule has 0 saturated heterocycles. The van der Waals surface area contributed by atoms with Gasteiger partial charge in [-0.1, -0.05) is 29.8 Å². The van der Waals surface area contributed by atoms with E-state index in [1.807, 2.05) is 18.2 Å². The van der Waals surface area contributed by atoms with E-state index >= 15 is 0 Å². The summed E-state index contributed by atoms with van der Waals surface area (Å²) in [6.07, 6.45) is 2.94. The smallest absolute Gasteiger partial charge is 0.341 e. The average molecular weight is 458 g/mol. The lowest BCUT2D eigenvalue weighted by molar-refractivity contribution is -0.124. The van der Waals surface area contributed by atoms with Gasteiger partial charge in [0.05, 0.1) is 38.6 Å². The summed E-state index contributed by atoms with van der Waals surface area (Å²) in [4.78, 5) is 24.6. The predicted octanol–water partition coefficient (Wildman–Crippen LogP) is 3.64. The van der Waals surface area contributed by atoms with Gasteiger partial charge in [0.2, 0.25) is 0 Å². The number of esters is 1. The summed E-state index contributed by atoms with van der Waals surface area (Å²) < 4.78 is 17.3. The Balaban J connectivity index is 1.54. The fourth-order valence-electron chi connectivity index (χ4n) is 3.11. The molecular formula is C23H24ClN3O5. The van der Waals surface area contributed by atoms with Crippen LogP contribution in [-0.4, -0.2) is 42.5 Å². The molecule has 1 amide bonds. The number of methoxy groups -OCH3 is 2. The van der Waals surface area contributed by atoms with Crippen LogP contribution in [0.5, 0.6) is 11.5 Å². The first-order chi connectivity index (χ1) is 15.4. The van der Waals surface area contributed by atoms with Crippen LogP contribution in [0.1, 0.15) is 34.5 Å². The van der Waals surface area contributed by atoms with Gasteiger partial charge < -0.3 is 19.5 Å². The van der Waals surface area contributed by atoms with E-state index in [0.717, 1.165) is 11.1 Å². The average Bonchev–Trinajstić information content (AvgIpc) is 3.27. The van der Waals surface area contributed by atoms with Gasteiger partial charge in [-0.15, -0.1) is 0 Å². The SMILES string of the molecule is COc1ccc(OC)c(C(C)NC(=O)COC(=O)c2cnn(Cc3ccccc3Cl)c2)c1. The lowest BCUT2D eigenvalue weighted by Gasteiger charge is -2.18. The lowest BCUT2D eigenvalue weighted by Crippen LogP contribution is -2.31. The molecule has 9 heteroatoms. The highest BCUT2D eigenvalue weighted by atomic mass is 35.5. The Hall–Kier alpha value is -3.52. The Morgan fingerprint density at radius 3 is 2.66 bits per heavy atom. The summed E-state index contributed by atoms with van der Waals surface area (Å²) in [5.74, 6) is 0.167. The molecule has 1 unspecified atom stereocenters. The number of carbonyl (C=O) groups excluding carboxylic acids is 2. The van der Waals surface area contributed by atoms with Crippen molar-refractivity contribution in [3.8, 4) is 11.5 Å². The fraction of sp³-hybridized carbons (Fsp3) is 0.261. The van der Waals surface area contributed by atoms with Crippen LogP contribution in [0.25, 0.3) is 0 Å². The number of hydrogen-bond acceptors (Lipinski definition) is 6. The van der Waals surface area contributed by atoms with E-state index in [1.165, 1.54) is 6.20 Å². The third-order valence-corrected chi connectivity index (χ3v) is 5.14. The zero-order valence-corrected chi connectivity index (χ0v) is 18.8. The second kappa shape index (κ2) is 10.7. The van der Waals surface area contributed by atoms with Crippen LogP contribution >= 0.6 is 11.6 Å². The number of amides is 1. The van der Waals surface area contributed by atoms with E-state index < -0.39 is 18.5 Å². The van der Waals surface area contributed by atoms with Gasteiger partial charge in [-0.2, -0.15) is 5.10 Å². The highest BCUT2D eigenvalue weighted by Crippen LogP contribution is 2.29. The monoisotopic (exact) mass is 457 g/mol. The summed E-state index contributed by atoms with van der Waals surface area (Å²) in [7, 11) is 3.11. The van der Waals surface area contributed by atoms with E-state index in [1.54, 1.807) is 56.3 Å². The second-order valence-corrected chi connectivity index (χ2v) is 7.40. The van der Waals surface area contributed by atoms with Crippen molar-refractivity contribution in [3.05, 3.63) is 76.6 Å². The van der Waals surface area contributed by atoms with E-state index in [9.17, 15) is 9.59 Å². The number of hydrogen-bond donors (Lipinski definition) is 1. The maximum atomic E-state index is 12.3. The molecule has 0 spiro atoms. The van der Waals surface area contributed by atoms with Gasteiger partial charge in [-0.3, -0.25) is 9.48 Å². The van der Waals surface area contributed by atoms with Crippen LogP contribution < -0.4 is 14.8 Å². The maximum Gasteiger partial charge on any atom is 0.341 e. The molecule has 168 valence electrons. The topological polar surface area (TPSA) is 91.7 Å². The number of aromatic nitrogens is 2. The lowest BCUT2D eigenvalue weighted by atomic mass is 10.1. The van der Waals surface area contributed by atoms with E-state index in [2.05, 4.69) is 10.4 Å². The van der Waals surface area contributed by atoms with E-state index in [4.69, 9.17) is 25.8 Å². The molecule has 0 aliphatic heterocycles. The first-order valence-electron chi connectivity index (χ1n) is 9.85. The van der Waals surface area contributed by atoms with Crippen molar-refractivity contribution in [2.45, 2.75) is 19.5 Å². The number of carbonyl (C=O) groups is 2. The molecule has 1 atom stereocenters. The third kappa shape index (κ3) is 5.79. The van der Waals surface area contributed by atoms with Crippen molar-refractivity contribution >= 4 is 23.5 Å². The fourth-order valence-corrected chi connectivity index (χ4v) is 3.31. The van der Waals surface area contributed by atoms with Gasteiger partial charge >= 0.3 is 5.97 Å². The Bertz CT molecular complexity index is 1100. The molecule has 0 fully saturated rings. The number of rotatable bonds is 9. The zero-order valence-electron chi connectivity index (χ0n) is 18.0. The van der Waals surface area contributed by atoms with Crippen LogP contribution in [0.15, 0.2) is 54.9 Å². The van der Waals surface area contributed by atoms with Gasteiger partial charge in [0.1, 0.15) is 11.5 Å². The minimum Gasteiger partial charge on any atom is -0.497 e. The largest absolute Gasteiger partial charge is 0.497 e. The summed E-state index contributed by atoms with van der Waals surface area (Å²) in [6, 6.07) is 12.3. The molecule has 0 radical (unpaired) electrons. The van der Waals surface area contributed by atoms with Gasteiger partial charge in [-0.25, -0.2) is 4.79 Å². The highest BCUT2D eigenvalue weighted by Gasteiger charge is 2.17. The molecule has 8 nitrogen and oxygen atoms in total. The summed E-state index contributed by atoms with van der Waals surface area (Å²) in [5.41, 5.74) is 1.86. The Morgan fingerprint density at radius 1 is 1.16 bits per heavy atom. The van der Waals surface area contributed by atoms with Crippen LogP contribution in [0.2, 0.25) is 5.02 Å². The van der Waals surface area contributed by atoms with E-state index in [0.29, 0.717) is 23.1 Å². The van der Waals surface area contributed by atoms with Crippen LogP contribution in [0, 0.1) is 0 Å². The summed E-state index contributed by atoms with van der Waals surface area (Å²) >= 11 is 6.16. The number of nitrogens with one attached hydrogen (secondary N) is 1. The van der Waals surface area contributed by atoms with Crippen molar-refractivity contribution in [2.75, 3.05) is 20.8 Å². The Kier molecular flexibility index (Phi) is 7.72. The third-order valence-electron chi connectivity index (χ3n) is 4.77. The molecular weight excluding hydrogens is 434 g/mol. The number of ether oxygens (including phenoxy) is 3. The molecule has 0 bridgehead atoms. The van der Waals surface area contributed by atoms with Crippen LogP contribution in [-0.2, 0) is 16.1 Å². The molecule has 1 aromatic heterocycles. The van der Waals surface area contributed by atoms with Crippen molar-refractivity contribution in [3.63, 3.8) is 0 Å². The highest BCUT2D eigenvalue weighted by molar-refractivity contribution is 6.31. The van der Waals surface area contributed by atoms with Gasteiger partial charge in [-0.05, 0) is 36.8 Å². The molecule has 1 N–H and O–H groups in total.